The smallest absolute Gasteiger partial charge is 0.170 e. The van der Waals surface area contributed by atoms with Gasteiger partial charge in [0.2, 0.25) is 0 Å². The van der Waals surface area contributed by atoms with Gasteiger partial charge < -0.3 is 0 Å². The van der Waals surface area contributed by atoms with E-state index >= 15 is 0 Å². The van der Waals surface area contributed by atoms with Crippen LogP contribution in [0, 0.1) is 5.92 Å². The number of hydrogen-bond acceptors (Lipinski definition) is 0. The topological polar surface area (TPSA) is 0 Å². The van der Waals surface area contributed by atoms with E-state index in [2.05, 4.69) is 15.9 Å². The maximum absolute atomic E-state index is 11.6. The first kappa shape index (κ1) is 7.12. The van der Waals surface area contributed by atoms with Gasteiger partial charge in [0.15, 0.2) is 0 Å². The predicted molar refractivity (Wildman–Crippen MR) is 31.2 cm³/mol. The third-order valence-corrected chi connectivity index (χ3v) is 1.81. The molecule has 0 saturated carbocycles. The highest BCUT2D eigenvalue weighted by molar-refractivity contribution is 9.11. The number of rotatable bonds is 0. The fourth-order valence-electron chi connectivity index (χ4n) is 0.605. The molecule has 0 spiro atoms. The van der Waals surface area contributed by atoms with Crippen LogP contribution in [0.2, 0.25) is 0 Å². The summed E-state index contributed by atoms with van der Waals surface area (Å²) >= 11 is 2.95. The van der Waals surface area contributed by atoms with Gasteiger partial charge in [0, 0.05) is 0 Å². The Morgan fingerprint density at radius 1 is 1.56 bits per heavy atom. The summed E-state index contributed by atoms with van der Waals surface area (Å²) < 4.78 is 35.5. The molecular weight excluding hydrogens is 197 g/mol. The zero-order valence-corrected chi connectivity index (χ0v) is 5.96. The van der Waals surface area contributed by atoms with Crippen LogP contribution in [0.5, 0.6) is 0 Å². The summed E-state index contributed by atoms with van der Waals surface area (Å²) in [5, 5.41) is 0. The van der Waals surface area contributed by atoms with E-state index < -0.39 is 12.1 Å². The first-order chi connectivity index (χ1) is 4.00. The van der Waals surface area contributed by atoms with E-state index in [1.54, 1.807) is 0 Å². The molecule has 0 amide bonds. The molecule has 0 nitrogen and oxygen atoms in total. The highest BCUT2D eigenvalue weighted by Gasteiger charge is 2.42. The first-order valence-corrected chi connectivity index (χ1v) is 3.22. The molecule has 0 radical (unpaired) electrons. The summed E-state index contributed by atoms with van der Waals surface area (Å²) in [7, 11) is 0. The molecule has 0 saturated heterocycles. The molecule has 0 unspecified atom stereocenters. The summed E-state index contributed by atoms with van der Waals surface area (Å²) in [4.78, 5) is 0. The van der Waals surface area contributed by atoms with E-state index in [0.29, 0.717) is 4.48 Å². The molecule has 0 aromatic heterocycles. The van der Waals surface area contributed by atoms with Crippen LogP contribution >= 0.6 is 15.9 Å². The number of allylic oxidation sites excluding steroid dienone is 2. The third kappa shape index (κ3) is 1.47. The molecule has 0 aliphatic heterocycles. The maximum Gasteiger partial charge on any atom is 0.395 e. The van der Waals surface area contributed by atoms with Crippen LogP contribution in [-0.2, 0) is 0 Å². The number of halogens is 4. The van der Waals surface area contributed by atoms with Gasteiger partial charge in [-0.1, -0.05) is 22.0 Å². The molecule has 1 aliphatic rings. The highest BCUT2D eigenvalue weighted by Crippen LogP contribution is 2.41. The van der Waals surface area contributed by atoms with E-state index in [4.69, 9.17) is 0 Å². The Morgan fingerprint density at radius 3 is 2.11 bits per heavy atom. The zero-order chi connectivity index (χ0) is 7.07. The molecule has 0 N–H and O–H groups in total. The molecule has 1 rings (SSSR count). The van der Waals surface area contributed by atoms with Crippen LogP contribution in [0.1, 0.15) is 6.42 Å². The second-order valence-electron chi connectivity index (χ2n) is 1.97. The Hall–Kier alpha value is 0.01000. The Bertz CT molecular complexity index is 147. The second kappa shape index (κ2) is 2.01. The van der Waals surface area contributed by atoms with Crippen molar-refractivity contribution in [3.8, 4) is 0 Å². The monoisotopic (exact) mass is 200 g/mol. The van der Waals surface area contributed by atoms with Crippen molar-refractivity contribution in [1.29, 1.82) is 0 Å². The molecule has 0 aromatic carbocycles. The lowest BCUT2D eigenvalue weighted by molar-refractivity contribution is -0.164. The van der Waals surface area contributed by atoms with Crippen molar-refractivity contribution in [3.05, 3.63) is 10.6 Å². The maximum atomic E-state index is 11.6. The quantitative estimate of drug-likeness (QED) is 0.565. The van der Waals surface area contributed by atoms with Gasteiger partial charge in [-0.25, -0.2) is 0 Å². The van der Waals surface area contributed by atoms with Crippen molar-refractivity contribution < 1.29 is 13.2 Å². The molecule has 4 heteroatoms. The largest absolute Gasteiger partial charge is 0.395 e. The normalized spacial score (nSPS) is 27.1. The van der Waals surface area contributed by atoms with Gasteiger partial charge in [-0.15, -0.1) is 0 Å². The van der Waals surface area contributed by atoms with Gasteiger partial charge >= 0.3 is 6.18 Å². The van der Waals surface area contributed by atoms with Crippen molar-refractivity contribution in [2.45, 2.75) is 12.6 Å². The molecule has 1 aliphatic carbocycles. The lowest BCUT2D eigenvalue weighted by atomic mass is 9.95. The minimum absolute atomic E-state index is 0.115. The molecule has 0 fully saturated rings. The second-order valence-corrected chi connectivity index (χ2v) is 2.98. The predicted octanol–water partition coefficient (Wildman–Crippen LogP) is 2.85. The van der Waals surface area contributed by atoms with Crippen molar-refractivity contribution in [2.24, 2.45) is 5.92 Å². The molecule has 1 atom stereocenters. The Kier molecular flexibility index (Phi) is 1.59. The first-order valence-electron chi connectivity index (χ1n) is 2.43. The lowest BCUT2D eigenvalue weighted by Gasteiger charge is -2.23. The van der Waals surface area contributed by atoms with Gasteiger partial charge in [0.1, 0.15) is 0 Å². The summed E-state index contributed by atoms with van der Waals surface area (Å²) in [6, 6.07) is 0. The fraction of sp³-hybridized carbons (Fsp3) is 0.600. The van der Waals surface area contributed by atoms with Crippen LogP contribution in [0.4, 0.5) is 13.2 Å². The minimum Gasteiger partial charge on any atom is -0.170 e. The van der Waals surface area contributed by atoms with E-state index in [1.165, 1.54) is 6.08 Å². The van der Waals surface area contributed by atoms with E-state index in [9.17, 15) is 13.2 Å². The van der Waals surface area contributed by atoms with Crippen LogP contribution in [0.15, 0.2) is 10.6 Å². The molecule has 0 heterocycles. The van der Waals surface area contributed by atoms with Crippen molar-refractivity contribution in [2.75, 3.05) is 0 Å². The molecule has 0 aromatic rings. The van der Waals surface area contributed by atoms with Gasteiger partial charge in [-0.05, 0) is 10.9 Å². The molecule has 0 bridgehead atoms. The standard InChI is InChI=1S/C5H4BrF3/c6-4-1-3(2-4)5(7,8)9/h1,3H,2H2/t3-/m0/s1. The van der Waals surface area contributed by atoms with Crippen molar-refractivity contribution >= 4 is 15.9 Å². The third-order valence-electron chi connectivity index (χ3n) is 1.22. The SMILES string of the molecule is FC(F)(F)[C@H]1C=C(Br)C1. The Balaban J connectivity index is 2.51. The lowest BCUT2D eigenvalue weighted by Crippen LogP contribution is -2.25. The van der Waals surface area contributed by atoms with Crippen LogP contribution in [0.3, 0.4) is 0 Å². The van der Waals surface area contributed by atoms with E-state index in [1.807, 2.05) is 0 Å². The van der Waals surface area contributed by atoms with E-state index in [-0.39, 0.29) is 6.42 Å². The average molecular weight is 201 g/mol. The Labute approximate surface area is 58.9 Å². The number of hydrogen-bond donors (Lipinski definition) is 0. The number of alkyl halides is 3. The summed E-state index contributed by atoms with van der Waals surface area (Å²) in [6.45, 7) is 0. The summed E-state index contributed by atoms with van der Waals surface area (Å²) in [6.07, 6.45) is -2.74. The molecular formula is C5H4BrF3. The van der Waals surface area contributed by atoms with Gasteiger partial charge in [-0.3, -0.25) is 0 Å². The van der Waals surface area contributed by atoms with Crippen LogP contribution in [0.25, 0.3) is 0 Å². The van der Waals surface area contributed by atoms with Gasteiger partial charge in [0.05, 0.1) is 5.92 Å². The van der Waals surface area contributed by atoms with Crippen molar-refractivity contribution in [3.63, 3.8) is 0 Å². The van der Waals surface area contributed by atoms with Crippen molar-refractivity contribution in [1.82, 2.24) is 0 Å². The fourth-order valence-corrected chi connectivity index (χ4v) is 1.27. The molecule has 9 heavy (non-hydrogen) atoms. The average Bonchev–Trinajstić information content (AvgIpc) is 1.55. The summed E-state index contributed by atoms with van der Waals surface area (Å²) in [5.74, 6) is -1.20. The van der Waals surface area contributed by atoms with Gasteiger partial charge in [-0.2, -0.15) is 13.2 Å². The Morgan fingerprint density at radius 2 is 2.00 bits per heavy atom. The molecule has 52 valence electrons. The van der Waals surface area contributed by atoms with Crippen LogP contribution < -0.4 is 0 Å². The van der Waals surface area contributed by atoms with Crippen LogP contribution in [-0.4, -0.2) is 6.18 Å². The van der Waals surface area contributed by atoms with Gasteiger partial charge in [0.25, 0.3) is 0 Å². The highest BCUT2D eigenvalue weighted by atomic mass is 79.9. The minimum atomic E-state index is -4.03. The summed E-state index contributed by atoms with van der Waals surface area (Å²) in [5.41, 5.74) is 0. The van der Waals surface area contributed by atoms with E-state index in [0.717, 1.165) is 0 Å². The zero-order valence-electron chi connectivity index (χ0n) is 4.37.